The zero-order chi connectivity index (χ0) is 59.1. The monoisotopic (exact) mass is 1180 g/mol. The molecule has 0 fully saturated rings. The molecule has 0 aliphatic rings. The zero-order valence-electron chi connectivity index (χ0n) is 51.0. The molecule has 0 aromatic carbocycles. The summed E-state index contributed by atoms with van der Waals surface area (Å²) in [6.07, 6.45) is 40.3. The van der Waals surface area contributed by atoms with Crippen LogP contribution in [0.1, 0.15) is 310 Å². The Bertz CT molecular complexity index is 1550. The van der Waals surface area contributed by atoms with Gasteiger partial charge in [-0.25, -0.2) is 9.13 Å². The van der Waals surface area contributed by atoms with Crippen LogP contribution in [0, 0.1) is 0 Å². The Balaban J connectivity index is 5.20. The Morgan fingerprint density at radius 1 is 0.300 bits per heavy atom. The minimum atomic E-state index is -4.94. The third-order valence-corrected chi connectivity index (χ3v) is 16.0. The number of hydrogen-bond acceptors (Lipinski definition) is 15. The van der Waals surface area contributed by atoms with E-state index in [1.54, 1.807) is 0 Å². The summed E-state index contributed by atoms with van der Waals surface area (Å²) in [6, 6.07) is 0. The fourth-order valence-electron chi connectivity index (χ4n) is 9.10. The maximum Gasteiger partial charge on any atom is 0.472 e. The first kappa shape index (κ1) is 78.1. The van der Waals surface area contributed by atoms with Crippen LogP contribution in [0.2, 0.25) is 0 Å². The van der Waals surface area contributed by atoms with Crippen LogP contribution in [-0.4, -0.2) is 96.7 Å². The van der Waals surface area contributed by atoms with Crippen molar-refractivity contribution in [2.45, 2.75) is 329 Å². The molecule has 0 saturated heterocycles. The summed E-state index contributed by atoms with van der Waals surface area (Å²) in [5.41, 5.74) is 0. The van der Waals surface area contributed by atoms with Gasteiger partial charge in [0.15, 0.2) is 12.2 Å². The van der Waals surface area contributed by atoms with Crippen LogP contribution in [-0.2, 0) is 65.4 Å². The van der Waals surface area contributed by atoms with Gasteiger partial charge in [0.1, 0.15) is 19.3 Å². The maximum absolute atomic E-state index is 12.9. The predicted octanol–water partition coefficient (Wildman–Crippen LogP) is 16.8. The molecule has 2 unspecified atom stereocenters. The molecule has 0 bridgehead atoms. The smallest absolute Gasteiger partial charge is 0.462 e. The first-order valence-corrected chi connectivity index (χ1v) is 35.3. The van der Waals surface area contributed by atoms with Crippen molar-refractivity contribution >= 4 is 39.5 Å². The molecule has 474 valence electrons. The highest BCUT2D eigenvalue weighted by Crippen LogP contribution is 2.45. The summed E-state index contributed by atoms with van der Waals surface area (Å²) in [5.74, 6) is -2.14. The molecule has 0 aliphatic carbocycles. The number of phosphoric acid groups is 2. The molecular formula is C61H118O17P2. The van der Waals surface area contributed by atoms with E-state index in [9.17, 15) is 43.2 Å². The SMILES string of the molecule is CCCCCCCCCCCCCCCCC(=O)O[C@H](COC(=O)CCCCCCCCCCC)COP(=O)(O)OC[C@@H](O)COP(=O)(O)OC[C@@H](COC(=O)CCCCCCCCCC)OC(=O)CCCCCCCCCCC. The first-order valence-electron chi connectivity index (χ1n) is 32.3. The van der Waals surface area contributed by atoms with Gasteiger partial charge in [0.05, 0.1) is 26.4 Å². The van der Waals surface area contributed by atoms with E-state index in [-0.39, 0.29) is 25.7 Å². The first-order chi connectivity index (χ1) is 38.7. The van der Waals surface area contributed by atoms with Crippen molar-refractivity contribution in [3.63, 3.8) is 0 Å². The fraction of sp³-hybridized carbons (Fsp3) is 0.934. The summed E-state index contributed by atoms with van der Waals surface area (Å²) in [4.78, 5) is 71.9. The summed E-state index contributed by atoms with van der Waals surface area (Å²) < 4.78 is 67.8. The van der Waals surface area contributed by atoms with E-state index in [0.29, 0.717) is 25.7 Å². The third-order valence-electron chi connectivity index (χ3n) is 14.1. The number of aliphatic hydroxyl groups excluding tert-OH is 1. The Morgan fingerprint density at radius 2 is 0.500 bits per heavy atom. The molecule has 19 heteroatoms. The molecule has 17 nitrogen and oxygen atoms in total. The van der Waals surface area contributed by atoms with Gasteiger partial charge in [0, 0.05) is 25.7 Å². The summed E-state index contributed by atoms with van der Waals surface area (Å²) in [5, 5.41) is 10.5. The molecule has 0 radical (unpaired) electrons. The normalized spacial score (nSPS) is 14.2. The molecular weight excluding hydrogens is 1070 g/mol. The standard InChI is InChI=1S/C61H118O17P2/c1-5-9-13-17-21-25-26-27-28-29-32-36-40-44-48-61(66)78-57(52-72-59(64)46-42-38-34-30-22-18-14-10-6-2)54-76-80(69,70)74-50-55(62)49-73-79(67,68)75-53-56(51-71-58(63)45-41-37-33-24-20-16-12-8-4)77-60(65)47-43-39-35-31-23-19-15-11-7-3/h55-57,62H,5-54H2,1-4H3,(H,67,68)(H,69,70)/t55-,56+,57+/m0/s1. The number of ether oxygens (including phenoxy) is 4. The van der Waals surface area contributed by atoms with E-state index in [1.165, 1.54) is 135 Å². The van der Waals surface area contributed by atoms with Crippen molar-refractivity contribution in [2.24, 2.45) is 0 Å². The van der Waals surface area contributed by atoms with Crippen LogP contribution in [0.5, 0.6) is 0 Å². The number of carbonyl (C=O) groups excluding carboxylic acids is 4. The van der Waals surface area contributed by atoms with E-state index < -0.39 is 97.5 Å². The van der Waals surface area contributed by atoms with E-state index in [1.807, 2.05) is 0 Å². The minimum Gasteiger partial charge on any atom is -0.462 e. The molecule has 5 atom stereocenters. The van der Waals surface area contributed by atoms with Crippen LogP contribution in [0.4, 0.5) is 0 Å². The molecule has 0 aromatic rings. The van der Waals surface area contributed by atoms with Gasteiger partial charge >= 0.3 is 39.5 Å². The van der Waals surface area contributed by atoms with E-state index >= 15 is 0 Å². The highest BCUT2D eigenvalue weighted by Gasteiger charge is 2.30. The van der Waals surface area contributed by atoms with Gasteiger partial charge in [-0.2, -0.15) is 0 Å². The number of esters is 4. The third kappa shape index (κ3) is 55.3. The van der Waals surface area contributed by atoms with Crippen molar-refractivity contribution in [1.82, 2.24) is 0 Å². The highest BCUT2D eigenvalue weighted by atomic mass is 31.2. The lowest BCUT2D eigenvalue weighted by Crippen LogP contribution is -2.30. The van der Waals surface area contributed by atoms with Gasteiger partial charge < -0.3 is 33.8 Å². The highest BCUT2D eigenvalue weighted by molar-refractivity contribution is 7.47. The molecule has 0 aliphatic heterocycles. The summed E-state index contributed by atoms with van der Waals surface area (Å²) in [6.45, 7) is 4.82. The lowest BCUT2D eigenvalue weighted by Gasteiger charge is -2.21. The largest absolute Gasteiger partial charge is 0.472 e. The van der Waals surface area contributed by atoms with Gasteiger partial charge in [-0.05, 0) is 25.7 Å². The Morgan fingerprint density at radius 3 is 0.738 bits per heavy atom. The van der Waals surface area contributed by atoms with Gasteiger partial charge in [0.25, 0.3) is 0 Å². The van der Waals surface area contributed by atoms with Crippen molar-refractivity contribution in [3.8, 4) is 0 Å². The predicted molar refractivity (Wildman–Crippen MR) is 317 cm³/mol. The van der Waals surface area contributed by atoms with Gasteiger partial charge in [-0.15, -0.1) is 0 Å². The van der Waals surface area contributed by atoms with Crippen molar-refractivity contribution < 1.29 is 80.2 Å². The average molecular weight is 1190 g/mol. The average Bonchev–Trinajstić information content (AvgIpc) is 3.43. The Kier molecular flexibility index (Phi) is 54.8. The van der Waals surface area contributed by atoms with E-state index in [4.69, 9.17) is 37.0 Å². The summed E-state index contributed by atoms with van der Waals surface area (Å²) in [7, 11) is -9.87. The second-order valence-corrected chi connectivity index (χ2v) is 25.0. The van der Waals surface area contributed by atoms with Crippen LogP contribution in [0.15, 0.2) is 0 Å². The lowest BCUT2D eigenvalue weighted by atomic mass is 10.0. The van der Waals surface area contributed by atoms with Crippen LogP contribution in [0.25, 0.3) is 0 Å². The van der Waals surface area contributed by atoms with E-state index in [0.717, 1.165) is 96.3 Å². The van der Waals surface area contributed by atoms with Crippen LogP contribution < -0.4 is 0 Å². The zero-order valence-corrected chi connectivity index (χ0v) is 52.8. The van der Waals surface area contributed by atoms with Crippen molar-refractivity contribution in [3.05, 3.63) is 0 Å². The fourth-order valence-corrected chi connectivity index (χ4v) is 10.7. The van der Waals surface area contributed by atoms with Crippen molar-refractivity contribution in [1.29, 1.82) is 0 Å². The molecule has 0 amide bonds. The van der Waals surface area contributed by atoms with Gasteiger partial charge in [0.2, 0.25) is 0 Å². The van der Waals surface area contributed by atoms with Crippen LogP contribution >= 0.6 is 15.6 Å². The molecule has 0 aromatic heterocycles. The van der Waals surface area contributed by atoms with Gasteiger partial charge in [-0.3, -0.25) is 37.3 Å². The van der Waals surface area contributed by atoms with Gasteiger partial charge in [-0.1, -0.05) is 259 Å². The summed E-state index contributed by atoms with van der Waals surface area (Å²) >= 11 is 0. The minimum absolute atomic E-state index is 0.106. The molecule has 0 saturated carbocycles. The number of unbranched alkanes of at least 4 members (excludes halogenated alkanes) is 36. The number of hydrogen-bond donors (Lipinski definition) is 3. The lowest BCUT2D eigenvalue weighted by molar-refractivity contribution is -0.161. The van der Waals surface area contributed by atoms with E-state index in [2.05, 4.69) is 27.7 Å². The molecule has 3 N–H and O–H groups in total. The number of rotatable bonds is 62. The van der Waals surface area contributed by atoms with Crippen LogP contribution in [0.3, 0.4) is 0 Å². The number of aliphatic hydroxyl groups is 1. The van der Waals surface area contributed by atoms with Crippen molar-refractivity contribution in [2.75, 3.05) is 39.6 Å². The second kappa shape index (κ2) is 56.2. The second-order valence-electron chi connectivity index (χ2n) is 22.1. The molecule has 0 spiro atoms. The molecule has 0 heterocycles. The number of phosphoric ester groups is 2. The topological polar surface area (TPSA) is 237 Å². The number of carbonyl (C=O) groups is 4. The Labute approximate surface area is 486 Å². The molecule has 0 rings (SSSR count). The maximum atomic E-state index is 12.9. The quantitative estimate of drug-likeness (QED) is 0.0222. The Hall–Kier alpha value is -1.94. The molecule has 80 heavy (non-hydrogen) atoms.